The zero-order valence-electron chi connectivity index (χ0n) is 8.45. The summed E-state index contributed by atoms with van der Waals surface area (Å²) in [6.45, 7) is 2.97. The van der Waals surface area contributed by atoms with Crippen LogP contribution in [0, 0.1) is 0 Å². The second-order valence-corrected chi connectivity index (χ2v) is 3.42. The van der Waals surface area contributed by atoms with E-state index >= 15 is 0 Å². The average molecular weight is 189 g/mol. The third-order valence-electron chi connectivity index (χ3n) is 2.65. The van der Waals surface area contributed by atoms with Crippen molar-refractivity contribution in [3.63, 3.8) is 0 Å². The summed E-state index contributed by atoms with van der Waals surface area (Å²) >= 11 is 0. The Bertz CT molecular complexity index is 148. The van der Waals surface area contributed by atoms with Gasteiger partial charge in [0.1, 0.15) is 0 Å². The topological polar surface area (TPSA) is 41.9 Å². The van der Waals surface area contributed by atoms with Gasteiger partial charge in [-0.3, -0.25) is 4.90 Å². The highest BCUT2D eigenvalue weighted by atomic mass is 16.7. The second kappa shape index (κ2) is 4.91. The van der Waals surface area contributed by atoms with Crippen molar-refractivity contribution >= 4 is 0 Å². The van der Waals surface area contributed by atoms with Crippen LogP contribution in [-0.4, -0.2) is 56.3 Å². The molecule has 0 amide bonds. The Labute approximate surface area is 79.4 Å². The number of hydrogen-bond donors (Lipinski definition) is 1. The third kappa shape index (κ3) is 2.64. The first-order valence-corrected chi connectivity index (χ1v) is 4.70. The van der Waals surface area contributed by atoms with E-state index in [0.29, 0.717) is 0 Å². The minimum absolute atomic E-state index is 0.253. The average Bonchev–Trinajstić information content (AvgIpc) is 2.59. The van der Waals surface area contributed by atoms with Gasteiger partial charge in [-0.2, -0.15) is 0 Å². The Balaban J connectivity index is 2.33. The monoisotopic (exact) mass is 189 g/mol. The maximum Gasteiger partial charge on any atom is 0.181 e. The standard InChI is InChI=1S/C9H19NO3/c1-12-9(13-2)4-6-10(8-9)5-3-7-11/h11H,3-8H2,1-2H3. The maximum atomic E-state index is 8.68. The number of rotatable bonds is 5. The molecular weight excluding hydrogens is 170 g/mol. The van der Waals surface area contributed by atoms with Crippen LogP contribution in [-0.2, 0) is 9.47 Å². The van der Waals surface area contributed by atoms with E-state index in [1.807, 2.05) is 0 Å². The highest BCUT2D eigenvalue weighted by molar-refractivity contribution is 4.83. The smallest absolute Gasteiger partial charge is 0.181 e. The van der Waals surface area contributed by atoms with Gasteiger partial charge in [0.2, 0.25) is 0 Å². The van der Waals surface area contributed by atoms with E-state index in [9.17, 15) is 0 Å². The quantitative estimate of drug-likeness (QED) is 0.621. The molecule has 4 heteroatoms. The van der Waals surface area contributed by atoms with Crippen molar-refractivity contribution in [3.8, 4) is 0 Å². The van der Waals surface area contributed by atoms with Crippen LogP contribution in [0.15, 0.2) is 0 Å². The Morgan fingerprint density at radius 1 is 1.38 bits per heavy atom. The lowest BCUT2D eigenvalue weighted by Crippen LogP contribution is -2.37. The molecule has 0 radical (unpaired) electrons. The summed E-state index contributed by atoms with van der Waals surface area (Å²) in [6, 6.07) is 0. The normalized spacial score (nSPS) is 22.4. The fraction of sp³-hybridized carbons (Fsp3) is 1.00. The van der Waals surface area contributed by atoms with Gasteiger partial charge < -0.3 is 14.6 Å². The Hall–Kier alpha value is -0.160. The minimum Gasteiger partial charge on any atom is -0.396 e. The summed E-state index contributed by atoms with van der Waals surface area (Å²) in [5, 5.41) is 8.68. The van der Waals surface area contributed by atoms with Crippen molar-refractivity contribution in [3.05, 3.63) is 0 Å². The van der Waals surface area contributed by atoms with Gasteiger partial charge in [-0.05, 0) is 6.42 Å². The maximum absolute atomic E-state index is 8.68. The molecule has 13 heavy (non-hydrogen) atoms. The molecule has 0 spiro atoms. The number of hydrogen-bond acceptors (Lipinski definition) is 4. The first-order valence-electron chi connectivity index (χ1n) is 4.70. The van der Waals surface area contributed by atoms with Crippen molar-refractivity contribution in [2.24, 2.45) is 0 Å². The SMILES string of the molecule is COC1(OC)CCN(CCCO)C1. The molecule has 78 valence electrons. The molecule has 1 N–H and O–H groups in total. The highest BCUT2D eigenvalue weighted by Crippen LogP contribution is 2.25. The van der Waals surface area contributed by atoms with Crippen LogP contribution in [0.2, 0.25) is 0 Å². The molecule has 1 saturated heterocycles. The molecule has 0 bridgehead atoms. The van der Waals surface area contributed by atoms with E-state index < -0.39 is 5.79 Å². The Morgan fingerprint density at radius 3 is 2.54 bits per heavy atom. The van der Waals surface area contributed by atoms with E-state index in [1.165, 1.54) is 0 Å². The molecule has 0 aliphatic carbocycles. The highest BCUT2D eigenvalue weighted by Gasteiger charge is 2.37. The summed E-state index contributed by atoms with van der Waals surface area (Å²) in [7, 11) is 3.36. The zero-order valence-corrected chi connectivity index (χ0v) is 8.45. The summed E-state index contributed by atoms with van der Waals surface area (Å²) in [5.74, 6) is -0.407. The molecule has 0 aromatic rings. The van der Waals surface area contributed by atoms with Gasteiger partial charge in [-0.15, -0.1) is 0 Å². The van der Waals surface area contributed by atoms with Crippen LogP contribution in [0.3, 0.4) is 0 Å². The molecule has 0 atom stereocenters. The van der Waals surface area contributed by atoms with Crippen molar-refractivity contribution in [2.45, 2.75) is 18.6 Å². The van der Waals surface area contributed by atoms with E-state index in [0.717, 1.165) is 32.5 Å². The molecule has 4 nitrogen and oxygen atoms in total. The summed E-state index contributed by atoms with van der Waals surface area (Å²) in [4.78, 5) is 2.25. The van der Waals surface area contributed by atoms with Crippen LogP contribution in [0.5, 0.6) is 0 Å². The molecule has 1 heterocycles. The van der Waals surface area contributed by atoms with Crippen LogP contribution >= 0.6 is 0 Å². The van der Waals surface area contributed by atoms with Gasteiger partial charge in [0.05, 0.1) is 6.54 Å². The molecule has 0 aromatic heterocycles. The third-order valence-corrected chi connectivity index (χ3v) is 2.65. The number of methoxy groups -OCH3 is 2. The number of nitrogens with zero attached hydrogens (tertiary/aromatic N) is 1. The predicted octanol–water partition coefficient (Wildman–Crippen LogP) is 0.0636. The summed E-state index contributed by atoms with van der Waals surface area (Å²) < 4.78 is 10.7. The first kappa shape index (κ1) is 10.9. The lowest BCUT2D eigenvalue weighted by atomic mass is 10.2. The summed E-state index contributed by atoms with van der Waals surface area (Å²) in [6.07, 6.45) is 1.73. The number of aliphatic hydroxyl groups excluding tert-OH is 1. The van der Waals surface area contributed by atoms with E-state index in [4.69, 9.17) is 14.6 Å². The second-order valence-electron chi connectivity index (χ2n) is 3.42. The van der Waals surface area contributed by atoms with Gasteiger partial charge in [0, 0.05) is 40.3 Å². The van der Waals surface area contributed by atoms with Crippen LogP contribution < -0.4 is 0 Å². The van der Waals surface area contributed by atoms with Gasteiger partial charge in [-0.25, -0.2) is 0 Å². The van der Waals surface area contributed by atoms with Crippen LogP contribution in [0.4, 0.5) is 0 Å². The largest absolute Gasteiger partial charge is 0.396 e. The molecule has 1 aliphatic rings. The van der Waals surface area contributed by atoms with Crippen molar-refractivity contribution in [1.29, 1.82) is 0 Å². The molecule has 1 aliphatic heterocycles. The summed E-state index contributed by atoms with van der Waals surface area (Å²) in [5.41, 5.74) is 0. The molecule has 1 fully saturated rings. The zero-order chi connectivity index (χ0) is 9.73. The van der Waals surface area contributed by atoms with Crippen molar-refractivity contribution in [2.75, 3.05) is 40.5 Å². The first-order chi connectivity index (χ1) is 6.26. The van der Waals surface area contributed by atoms with Crippen molar-refractivity contribution < 1.29 is 14.6 Å². The molecular formula is C9H19NO3. The molecule has 0 aromatic carbocycles. The van der Waals surface area contributed by atoms with E-state index in [2.05, 4.69) is 4.90 Å². The fourth-order valence-electron chi connectivity index (χ4n) is 1.73. The number of aliphatic hydroxyl groups is 1. The molecule has 0 saturated carbocycles. The minimum atomic E-state index is -0.407. The van der Waals surface area contributed by atoms with Gasteiger partial charge >= 0.3 is 0 Å². The van der Waals surface area contributed by atoms with Gasteiger partial charge in [0.25, 0.3) is 0 Å². The van der Waals surface area contributed by atoms with E-state index in [-0.39, 0.29) is 6.61 Å². The van der Waals surface area contributed by atoms with E-state index in [1.54, 1.807) is 14.2 Å². The van der Waals surface area contributed by atoms with Gasteiger partial charge in [0.15, 0.2) is 5.79 Å². The lowest BCUT2D eigenvalue weighted by molar-refractivity contribution is -0.195. The predicted molar refractivity (Wildman–Crippen MR) is 49.5 cm³/mol. The van der Waals surface area contributed by atoms with Crippen molar-refractivity contribution in [1.82, 2.24) is 4.90 Å². The van der Waals surface area contributed by atoms with Gasteiger partial charge in [-0.1, -0.05) is 0 Å². The fourth-order valence-corrected chi connectivity index (χ4v) is 1.73. The Morgan fingerprint density at radius 2 is 2.08 bits per heavy atom. The Kier molecular flexibility index (Phi) is 4.12. The molecule has 1 rings (SSSR count). The lowest BCUT2D eigenvalue weighted by Gasteiger charge is -2.26. The molecule has 0 unspecified atom stereocenters. The number of ether oxygens (including phenoxy) is 2. The number of likely N-dealkylation sites (tertiary alicyclic amines) is 1. The van der Waals surface area contributed by atoms with Crippen LogP contribution in [0.25, 0.3) is 0 Å². The van der Waals surface area contributed by atoms with Crippen LogP contribution in [0.1, 0.15) is 12.8 Å².